The van der Waals surface area contributed by atoms with Crippen LogP contribution in [0.25, 0.3) is 10.9 Å². The van der Waals surface area contributed by atoms with Crippen LogP contribution in [0.1, 0.15) is 48.9 Å². The van der Waals surface area contributed by atoms with Crippen LogP contribution in [-0.2, 0) is 34.0 Å². The molecule has 4 atom stereocenters. The molecule has 2 aliphatic carbocycles. The molecule has 0 bridgehead atoms. The second-order valence-electron chi connectivity index (χ2n) is 11.4. The molecule has 40 heavy (non-hydrogen) atoms. The first kappa shape index (κ1) is 25.9. The van der Waals surface area contributed by atoms with Crippen molar-refractivity contribution in [3.63, 3.8) is 0 Å². The first-order chi connectivity index (χ1) is 19.3. The lowest BCUT2D eigenvalue weighted by Gasteiger charge is -2.43. The minimum atomic E-state index is -1.52. The maximum absolute atomic E-state index is 14.1. The predicted octanol–water partition coefficient (Wildman–Crippen LogP) is 3.91. The molecule has 1 aromatic heterocycles. The zero-order valence-electron chi connectivity index (χ0n) is 22.2. The Bertz CT molecular complexity index is 1540. The average Bonchev–Trinajstić information content (AvgIpc) is 3.63. The van der Waals surface area contributed by atoms with Gasteiger partial charge in [-0.25, -0.2) is 0 Å². The van der Waals surface area contributed by atoms with E-state index < -0.39 is 34.5 Å². The van der Waals surface area contributed by atoms with Gasteiger partial charge in [-0.2, -0.15) is 5.26 Å². The number of nitrogens with one attached hydrogen (secondary N) is 1. The number of nitriles is 1. The lowest BCUT2D eigenvalue weighted by molar-refractivity contribution is -0.166. The van der Waals surface area contributed by atoms with Crippen molar-refractivity contribution in [1.82, 2.24) is 9.88 Å². The summed E-state index contributed by atoms with van der Waals surface area (Å²) < 4.78 is 6.15. The fourth-order valence-corrected chi connectivity index (χ4v) is 7.17. The van der Waals surface area contributed by atoms with Gasteiger partial charge in [0.25, 0.3) is 0 Å². The van der Waals surface area contributed by atoms with Gasteiger partial charge in [0, 0.05) is 42.1 Å². The number of hydrogen-bond acceptors (Lipinski definition) is 5. The van der Waals surface area contributed by atoms with Gasteiger partial charge in [0.2, 0.25) is 11.8 Å². The summed E-state index contributed by atoms with van der Waals surface area (Å²) >= 11 is 0. The van der Waals surface area contributed by atoms with Gasteiger partial charge < -0.3 is 25.5 Å². The van der Waals surface area contributed by atoms with Crippen LogP contribution >= 0.6 is 0 Å². The number of benzene rings is 2. The minimum Gasteiger partial charge on any atom is -0.487 e. The lowest BCUT2D eigenvalue weighted by Crippen LogP contribution is -2.53. The highest BCUT2D eigenvalue weighted by atomic mass is 16.5. The molecule has 6 rings (SSSR count). The molecule has 9 nitrogen and oxygen atoms in total. The second kappa shape index (κ2) is 9.70. The van der Waals surface area contributed by atoms with E-state index >= 15 is 0 Å². The normalized spacial score (nSPS) is 27.4. The Balaban J connectivity index is 1.27. The number of primary amides is 1. The summed E-state index contributed by atoms with van der Waals surface area (Å²) in [5, 5.41) is 21.2. The number of amides is 2. The van der Waals surface area contributed by atoms with E-state index in [1.165, 1.54) is 0 Å². The fraction of sp³-hybridized carbons (Fsp3) is 0.419. The van der Waals surface area contributed by atoms with Crippen LogP contribution < -0.4 is 10.5 Å². The van der Waals surface area contributed by atoms with Crippen molar-refractivity contribution in [2.24, 2.45) is 28.4 Å². The number of carboxylic acid groups (broad SMARTS) is 1. The molecule has 1 aliphatic heterocycles. The third kappa shape index (κ3) is 3.93. The molecule has 9 heteroatoms. The molecule has 3 aliphatic rings. The van der Waals surface area contributed by atoms with Gasteiger partial charge in [0.05, 0.1) is 22.9 Å². The second-order valence-corrected chi connectivity index (χ2v) is 11.4. The first-order valence-corrected chi connectivity index (χ1v) is 13.8. The number of fused-ring (bicyclic) bond motifs is 3. The van der Waals surface area contributed by atoms with Crippen LogP contribution in [-0.4, -0.2) is 39.3 Å². The molecule has 3 aromatic rings. The fourth-order valence-electron chi connectivity index (χ4n) is 7.17. The summed E-state index contributed by atoms with van der Waals surface area (Å²) in [4.78, 5) is 44.4. The third-order valence-corrected chi connectivity index (χ3v) is 9.39. The Labute approximate surface area is 231 Å². The van der Waals surface area contributed by atoms with Crippen molar-refractivity contribution in [2.45, 2.75) is 51.7 Å². The smallest absolute Gasteiger partial charge is 0.310 e. The van der Waals surface area contributed by atoms with Crippen LogP contribution in [0.5, 0.6) is 5.75 Å². The SMILES string of the molecule is N#CC1(C(N)=O)CC1[C@]1(C(=O)O)CCCC[C@H]1C(=O)N1CCc2[nH]c3c(OCc4ccccc4)cccc3c2C1. The molecule has 2 heterocycles. The van der Waals surface area contributed by atoms with Gasteiger partial charge in [-0.05, 0) is 30.9 Å². The van der Waals surface area contributed by atoms with Gasteiger partial charge in [-0.1, -0.05) is 55.3 Å². The average molecular weight is 541 g/mol. The molecule has 2 aromatic carbocycles. The van der Waals surface area contributed by atoms with Crippen LogP contribution in [0, 0.1) is 34.0 Å². The predicted molar refractivity (Wildman–Crippen MR) is 146 cm³/mol. The monoisotopic (exact) mass is 540 g/mol. The van der Waals surface area contributed by atoms with E-state index in [4.69, 9.17) is 10.5 Å². The highest BCUT2D eigenvalue weighted by Crippen LogP contribution is 2.66. The van der Waals surface area contributed by atoms with E-state index in [2.05, 4.69) is 4.98 Å². The summed E-state index contributed by atoms with van der Waals surface area (Å²) in [6, 6.07) is 17.8. The molecule has 0 saturated heterocycles. The van der Waals surface area contributed by atoms with Crippen LogP contribution in [0.4, 0.5) is 0 Å². The molecule has 4 N–H and O–H groups in total. The molecular weight excluding hydrogens is 508 g/mol. The molecule has 2 fully saturated rings. The van der Waals surface area contributed by atoms with Gasteiger partial charge in [0.1, 0.15) is 17.8 Å². The highest BCUT2D eigenvalue weighted by Gasteiger charge is 2.73. The Morgan fingerprint density at radius 3 is 2.65 bits per heavy atom. The molecular formula is C31H32N4O5. The van der Waals surface area contributed by atoms with Crippen molar-refractivity contribution in [3.05, 3.63) is 65.4 Å². The summed E-state index contributed by atoms with van der Waals surface area (Å²) in [5.41, 5.74) is 6.57. The molecule has 2 saturated carbocycles. The van der Waals surface area contributed by atoms with Crippen molar-refractivity contribution in [1.29, 1.82) is 5.26 Å². The summed E-state index contributed by atoms with van der Waals surface area (Å²) in [5.74, 6) is -2.97. The van der Waals surface area contributed by atoms with Gasteiger partial charge in [-0.15, -0.1) is 0 Å². The number of carboxylic acids is 1. The number of aliphatic carboxylic acids is 1. The molecule has 2 amide bonds. The summed E-state index contributed by atoms with van der Waals surface area (Å²) in [6.07, 6.45) is 2.72. The number of nitrogens with two attached hydrogens (primary N) is 1. The zero-order chi connectivity index (χ0) is 28.1. The number of H-pyrrole nitrogens is 1. The largest absolute Gasteiger partial charge is 0.487 e. The number of carbonyl (C=O) groups excluding carboxylic acids is 2. The van der Waals surface area contributed by atoms with E-state index in [1.54, 1.807) is 4.90 Å². The molecule has 2 unspecified atom stereocenters. The van der Waals surface area contributed by atoms with E-state index in [1.807, 2.05) is 54.6 Å². The quantitative estimate of drug-likeness (QED) is 0.414. The summed E-state index contributed by atoms with van der Waals surface area (Å²) in [7, 11) is 0. The van der Waals surface area contributed by atoms with Crippen molar-refractivity contribution in [3.8, 4) is 11.8 Å². The Morgan fingerprint density at radius 2 is 1.95 bits per heavy atom. The van der Waals surface area contributed by atoms with Crippen LogP contribution in [0.3, 0.4) is 0 Å². The van der Waals surface area contributed by atoms with Gasteiger partial charge in [0.15, 0.2) is 0 Å². The van der Waals surface area contributed by atoms with Gasteiger partial charge in [-0.3, -0.25) is 14.4 Å². The van der Waals surface area contributed by atoms with E-state index in [0.29, 0.717) is 39.0 Å². The maximum Gasteiger partial charge on any atom is 0.310 e. The standard InChI is InChI=1S/C31H32N4O5/c32-18-30(28(33)37)15-25(30)31(29(38)39)13-5-4-10-22(31)27(36)35-14-12-23-21(16-35)20-9-6-11-24(26(20)34-23)40-17-19-7-2-1-3-8-19/h1-3,6-9,11,22,25,34H,4-5,10,12-17H2,(H2,33,37)(H,38,39)/t22-,25?,30?,31-/m0/s1. The number of aromatic amines is 1. The third-order valence-electron chi connectivity index (χ3n) is 9.39. The molecule has 0 radical (unpaired) electrons. The number of para-hydroxylation sites is 1. The first-order valence-electron chi connectivity index (χ1n) is 13.8. The maximum atomic E-state index is 14.1. The van der Waals surface area contributed by atoms with Crippen LogP contribution in [0.15, 0.2) is 48.5 Å². The summed E-state index contributed by atoms with van der Waals surface area (Å²) in [6.45, 7) is 1.24. The number of aromatic nitrogens is 1. The van der Waals surface area contributed by atoms with Crippen LogP contribution in [0.2, 0.25) is 0 Å². The minimum absolute atomic E-state index is 0.0905. The topological polar surface area (TPSA) is 150 Å². The number of carbonyl (C=O) groups is 3. The molecule has 0 spiro atoms. The van der Waals surface area contributed by atoms with E-state index in [0.717, 1.165) is 39.9 Å². The highest BCUT2D eigenvalue weighted by molar-refractivity contribution is 5.94. The lowest BCUT2D eigenvalue weighted by atomic mass is 9.61. The van der Waals surface area contributed by atoms with Gasteiger partial charge >= 0.3 is 5.97 Å². The zero-order valence-corrected chi connectivity index (χ0v) is 22.2. The Hall–Kier alpha value is -4.32. The number of rotatable bonds is 7. The van der Waals surface area contributed by atoms with Crippen molar-refractivity contribution >= 4 is 28.7 Å². The molecule has 206 valence electrons. The Kier molecular flexibility index (Phi) is 6.29. The van der Waals surface area contributed by atoms with E-state index in [-0.39, 0.29) is 18.7 Å². The van der Waals surface area contributed by atoms with E-state index in [9.17, 15) is 24.8 Å². The van der Waals surface area contributed by atoms with Crippen molar-refractivity contribution in [2.75, 3.05) is 6.54 Å². The van der Waals surface area contributed by atoms with Crippen molar-refractivity contribution < 1.29 is 24.2 Å². The number of nitrogens with zero attached hydrogens (tertiary/aromatic N) is 2. The number of ether oxygens (including phenoxy) is 1. The number of hydrogen-bond donors (Lipinski definition) is 3. The Morgan fingerprint density at radius 1 is 1.15 bits per heavy atom.